The quantitative estimate of drug-likeness (QED) is 0.462. The van der Waals surface area contributed by atoms with Gasteiger partial charge in [0.2, 0.25) is 0 Å². The van der Waals surface area contributed by atoms with Crippen molar-refractivity contribution in [3.8, 4) is 5.69 Å². The van der Waals surface area contributed by atoms with Crippen LogP contribution in [-0.4, -0.2) is 46.9 Å². The molecule has 1 aromatic heterocycles. The van der Waals surface area contributed by atoms with Crippen LogP contribution >= 0.6 is 24.0 Å². The Labute approximate surface area is 153 Å². The highest BCUT2D eigenvalue weighted by atomic mass is 127. The molecule has 0 saturated carbocycles. The highest BCUT2D eigenvalue weighted by molar-refractivity contribution is 14.0. The molecule has 2 N–H and O–H groups in total. The lowest BCUT2D eigenvalue weighted by molar-refractivity contribution is 0.0674. The summed E-state index contributed by atoms with van der Waals surface area (Å²) in [5, 5.41) is 4.54. The molecule has 0 bridgehead atoms. The Morgan fingerprint density at radius 2 is 1.96 bits per heavy atom. The summed E-state index contributed by atoms with van der Waals surface area (Å²) < 4.78 is 7.20. The first-order valence-electron chi connectivity index (χ1n) is 7.47. The Morgan fingerprint density at radius 1 is 1.26 bits per heavy atom. The highest BCUT2D eigenvalue weighted by Crippen LogP contribution is 2.12. The summed E-state index contributed by atoms with van der Waals surface area (Å²) in [4.78, 5) is 6.55. The van der Waals surface area contributed by atoms with Crippen molar-refractivity contribution >= 4 is 29.9 Å². The van der Waals surface area contributed by atoms with E-state index in [0.717, 1.165) is 30.0 Å². The van der Waals surface area contributed by atoms with Crippen molar-refractivity contribution in [1.29, 1.82) is 0 Å². The second-order valence-electron chi connectivity index (χ2n) is 5.29. The Kier molecular flexibility index (Phi) is 6.40. The van der Waals surface area contributed by atoms with Gasteiger partial charge in [-0.05, 0) is 19.1 Å². The largest absolute Gasteiger partial charge is 0.378 e. The minimum absolute atomic E-state index is 0. The standard InChI is InChI=1S/C16H21N5O.HI/c1-13-14(11-18-16(17)20-7-9-22-10-8-20)12-21(19-13)15-5-3-2-4-6-15;/h2-6,12H,7-11H2,1H3,(H2,17,18);1H. The minimum atomic E-state index is 0. The van der Waals surface area contributed by atoms with E-state index >= 15 is 0 Å². The molecule has 6 nitrogen and oxygen atoms in total. The van der Waals surface area contributed by atoms with Crippen molar-refractivity contribution < 1.29 is 4.74 Å². The van der Waals surface area contributed by atoms with Crippen molar-refractivity contribution in [2.45, 2.75) is 13.5 Å². The maximum Gasteiger partial charge on any atom is 0.191 e. The van der Waals surface area contributed by atoms with E-state index < -0.39 is 0 Å². The van der Waals surface area contributed by atoms with E-state index in [-0.39, 0.29) is 24.0 Å². The average molecular weight is 427 g/mol. The van der Waals surface area contributed by atoms with Crippen LogP contribution in [0.1, 0.15) is 11.3 Å². The summed E-state index contributed by atoms with van der Waals surface area (Å²) in [5.41, 5.74) is 9.16. The third-order valence-corrected chi connectivity index (χ3v) is 3.77. The number of para-hydroxylation sites is 1. The molecular formula is C16H22IN5O. The number of guanidine groups is 1. The lowest BCUT2D eigenvalue weighted by atomic mass is 10.2. The van der Waals surface area contributed by atoms with E-state index in [1.54, 1.807) is 0 Å². The van der Waals surface area contributed by atoms with Gasteiger partial charge in [0.15, 0.2) is 5.96 Å². The molecule has 1 saturated heterocycles. The molecule has 0 spiro atoms. The second-order valence-corrected chi connectivity index (χ2v) is 5.29. The van der Waals surface area contributed by atoms with Crippen LogP contribution < -0.4 is 5.73 Å². The van der Waals surface area contributed by atoms with Gasteiger partial charge in [-0.2, -0.15) is 5.10 Å². The molecule has 124 valence electrons. The van der Waals surface area contributed by atoms with Gasteiger partial charge in [-0.15, -0.1) is 24.0 Å². The summed E-state index contributed by atoms with van der Waals surface area (Å²) in [5.74, 6) is 0.579. The van der Waals surface area contributed by atoms with Crippen molar-refractivity contribution in [2.24, 2.45) is 10.7 Å². The van der Waals surface area contributed by atoms with Crippen LogP contribution in [0.25, 0.3) is 5.69 Å². The molecule has 0 amide bonds. The van der Waals surface area contributed by atoms with Gasteiger partial charge < -0.3 is 15.4 Å². The predicted octanol–water partition coefficient (Wildman–Crippen LogP) is 1.95. The Morgan fingerprint density at radius 3 is 2.65 bits per heavy atom. The number of hydrogen-bond acceptors (Lipinski definition) is 3. The number of ether oxygens (including phenoxy) is 1. The van der Waals surface area contributed by atoms with Gasteiger partial charge in [0.05, 0.1) is 31.1 Å². The first-order chi connectivity index (χ1) is 10.7. The smallest absolute Gasteiger partial charge is 0.191 e. The fraction of sp³-hybridized carbons (Fsp3) is 0.375. The van der Waals surface area contributed by atoms with Gasteiger partial charge in [-0.25, -0.2) is 9.67 Å². The van der Waals surface area contributed by atoms with Gasteiger partial charge in [0, 0.05) is 24.8 Å². The van der Waals surface area contributed by atoms with E-state index in [1.807, 2.05) is 48.1 Å². The molecular weight excluding hydrogens is 405 g/mol. The number of halogens is 1. The molecule has 7 heteroatoms. The third-order valence-electron chi connectivity index (χ3n) is 3.77. The Bertz CT molecular complexity index is 650. The molecule has 0 atom stereocenters. The first kappa shape index (κ1) is 17.7. The van der Waals surface area contributed by atoms with Crippen LogP contribution in [0.2, 0.25) is 0 Å². The Hall–Kier alpha value is -1.61. The number of aryl methyl sites for hydroxylation is 1. The zero-order chi connectivity index (χ0) is 15.4. The van der Waals surface area contributed by atoms with Gasteiger partial charge in [0.1, 0.15) is 0 Å². The minimum Gasteiger partial charge on any atom is -0.378 e. The molecule has 1 aromatic carbocycles. The van der Waals surface area contributed by atoms with Gasteiger partial charge in [0.25, 0.3) is 0 Å². The monoisotopic (exact) mass is 427 g/mol. The van der Waals surface area contributed by atoms with E-state index in [4.69, 9.17) is 10.5 Å². The molecule has 23 heavy (non-hydrogen) atoms. The summed E-state index contributed by atoms with van der Waals surface area (Å²) in [6.45, 7) is 5.56. The zero-order valence-corrected chi connectivity index (χ0v) is 15.5. The molecule has 1 aliphatic heterocycles. The third kappa shape index (κ3) is 4.44. The lowest BCUT2D eigenvalue weighted by Crippen LogP contribution is -2.44. The summed E-state index contributed by atoms with van der Waals surface area (Å²) in [7, 11) is 0. The van der Waals surface area contributed by atoms with E-state index in [2.05, 4.69) is 15.0 Å². The molecule has 3 rings (SSSR count). The van der Waals surface area contributed by atoms with Crippen molar-refractivity contribution in [2.75, 3.05) is 26.3 Å². The summed E-state index contributed by atoms with van der Waals surface area (Å²) in [6, 6.07) is 10.1. The van der Waals surface area contributed by atoms with E-state index in [1.165, 1.54) is 0 Å². The van der Waals surface area contributed by atoms with Crippen LogP contribution in [0, 0.1) is 6.92 Å². The van der Waals surface area contributed by atoms with Crippen LogP contribution in [0.4, 0.5) is 0 Å². The highest BCUT2D eigenvalue weighted by Gasteiger charge is 2.12. The van der Waals surface area contributed by atoms with Crippen molar-refractivity contribution in [3.05, 3.63) is 47.8 Å². The first-order valence-corrected chi connectivity index (χ1v) is 7.47. The maximum atomic E-state index is 6.06. The topological polar surface area (TPSA) is 68.7 Å². The molecule has 1 aliphatic rings. The molecule has 2 aromatic rings. The fourth-order valence-corrected chi connectivity index (χ4v) is 2.42. The second kappa shape index (κ2) is 8.30. The van der Waals surface area contributed by atoms with Crippen molar-refractivity contribution in [3.63, 3.8) is 0 Å². The summed E-state index contributed by atoms with van der Waals surface area (Å²) in [6.07, 6.45) is 2.01. The zero-order valence-electron chi connectivity index (χ0n) is 13.2. The molecule has 0 radical (unpaired) electrons. The predicted molar refractivity (Wildman–Crippen MR) is 101 cm³/mol. The van der Waals surface area contributed by atoms with Crippen LogP contribution in [0.15, 0.2) is 41.5 Å². The normalized spacial score (nSPS) is 15.3. The van der Waals surface area contributed by atoms with Crippen LogP contribution in [0.3, 0.4) is 0 Å². The van der Waals surface area contributed by atoms with E-state index in [9.17, 15) is 0 Å². The lowest BCUT2D eigenvalue weighted by Gasteiger charge is -2.27. The van der Waals surface area contributed by atoms with Crippen LogP contribution in [0.5, 0.6) is 0 Å². The number of nitrogens with zero attached hydrogens (tertiary/aromatic N) is 4. The number of rotatable bonds is 3. The Balaban J connectivity index is 0.00000192. The molecule has 0 unspecified atom stereocenters. The number of aromatic nitrogens is 2. The molecule has 1 fully saturated rings. The summed E-state index contributed by atoms with van der Waals surface area (Å²) >= 11 is 0. The van der Waals surface area contributed by atoms with Crippen LogP contribution in [-0.2, 0) is 11.3 Å². The van der Waals surface area contributed by atoms with Gasteiger partial charge >= 0.3 is 0 Å². The average Bonchev–Trinajstić information content (AvgIpc) is 2.95. The number of nitrogens with two attached hydrogens (primary N) is 1. The molecule has 2 heterocycles. The van der Waals surface area contributed by atoms with Crippen molar-refractivity contribution in [1.82, 2.24) is 14.7 Å². The van der Waals surface area contributed by atoms with E-state index in [0.29, 0.717) is 25.7 Å². The number of morpholine rings is 1. The van der Waals surface area contributed by atoms with Gasteiger partial charge in [-0.3, -0.25) is 0 Å². The maximum absolute atomic E-state index is 6.06. The SMILES string of the molecule is Cc1nn(-c2ccccc2)cc1CN=C(N)N1CCOCC1.I. The number of hydrogen-bond donors (Lipinski definition) is 1. The number of benzene rings is 1. The number of aliphatic imine (C=N–C) groups is 1. The molecule has 0 aliphatic carbocycles. The fourth-order valence-electron chi connectivity index (χ4n) is 2.42. The van der Waals surface area contributed by atoms with Gasteiger partial charge in [-0.1, -0.05) is 18.2 Å².